The third-order valence-electron chi connectivity index (χ3n) is 7.31. The maximum Gasteiger partial charge on any atom is 0.314 e. The number of nitro groups is 1. The number of non-ortho nitro benzene ring substituents is 1. The van der Waals surface area contributed by atoms with Crippen molar-refractivity contribution in [2.75, 3.05) is 0 Å². The fourth-order valence-electron chi connectivity index (χ4n) is 5.37. The molecule has 0 unspecified atom stereocenters. The number of carbonyl (C=O) groups excluding carboxylic acids is 1. The van der Waals surface area contributed by atoms with Crippen LogP contribution in [0.3, 0.4) is 0 Å². The van der Waals surface area contributed by atoms with Crippen LogP contribution in [0.15, 0.2) is 91.0 Å². The highest BCUT2D eigenvalue weighted by molar-refractivity contribution is 6.31. The first-order chi connectivity index (χ1) is 18.0. The predicted octanol–water partition coefficient (Wildman–Crippen LogP) is 8.00. The fourth-order valence-corrected chi connectivity index (χ4v) is 5.68. The molecule has 0 radical (unpaired) electrons. The monoisotopic (exact) mass is 513 g/mol. The van der Waals surface area contributed by atoms with Crippen LogP contribution in [-0.2, 0) is 16.0 Å². The molecule has 3 atom stereocenters. The number of carbonyl (C=O) groups is 1. The number of hydrogen-bond donors (Lipinski definition) is 0. The highest BCUT2D eigenvalue weighted by Gasteiger charge is 2.33. The van der Waals surface area contributed by atoms with Crippen molar-refractivity contribution in [3.63, 3.8) is 0 Å². The molecule has 0 aliphatic heterocycles. The van der Waals surface area contributed by atoms with E-state index in [2.05, 4.69) is 30.3 Å². The van der Waals surface area contributed by atoms with Gasteiger partial charge >= 0.3 is 5.97 Å². The summed E-state index contributed by atoms with van der Waals surface area (Å²) in [5.74, 6) is -0.904. The Bertz CT molecular complexity index is 1420. The molecule has 0 spiro atoms. The van der Waals surface area contributed by atoms with Crippen LogP contribution in [-0.4, -0.2) is 17.0 Å². The molecule has 0 amide bonds. The standard InChI is InChI=1S/C31H28ClNO4/c32-29-20-25(33(35)36)16-17-27(29)28(18-21-8-2-1-3-9-21)31(34)37-30-13-7-6-12-26(30)24-15-14-22-10-4-5-11-23(22)19-24/h1-5,8-11,14-17,19-20,26,28,30H,6-7,12-13,18H2/t26-,28+,30+/m0/s1. The lowest BCUT2D eigenvalue weighted by Gasteiger charge is -2.33. The Hall–Kier alpha value is -3.70. The van der Waals surface area contributed by atoms with E-state index in [-0.39, 0.29) is 28.7 Å². The summed E-state index contributed by atoms with van der Waals surface area (Å²) in [6, 6.07) is 28.7. The Morgan fingerprint density at radius 3 is 2.41 bits per heavy atom. The number of benzene rings is 4. The van der Waals surface area contributed by atoms with Crippen LogP contribution in [0.4, 0.5) is 5.69 Å². The summed E-state index contributed by atoms with van der Waals surface area (Å²) in [7, 11) is 0. The largest absolute Gasteiger partial charge is 0.461 e. The lowest BCUT2D eigenvalue weighted by Crippen LogP contribution is -2.31. The molecule has 0 saturated heterocycles. The van der Waals surface area contributed by atoms with Crippen molar-refractivity contribution in [1.29, 1.82) is 0 Å². The molecular formula is C31H28ClNO4. The van der Waals surface area contributed by atoms with Crippen molar-refractivity contribution in [1.82, 2.24) is 0 Å². The number of fused-ring (bicyclic) bond motifs is 1. The number of nitro benzene ring substituents is 1. The van der Waals surface area contributed by atoms with Crippen molar-refractivity contribution in [2.45, 2.75) is 50.0 Å². The Labute approximate surface area is 221 Å². The molecule has 1 aliphatic rings. The molecule has 6 heteroatoms. The number of rotatable bonds is 7. The second-order valence-electron chi connectivity index (χ2n) is 9.68. The average Bonchev–Trinajstić information content (AvgIpc) is 2.92. The highest BCUT2D eigenvalue weighted by atomic mass is 35.5. The van der Waals surface area contributed by atoms with Crippen molar-refractivity contribution in [3.05, 3.63) is 123 Å². The van der Waals surface area contributed by atoms with E-state index in [0.717, 1.165) is 31.2 Å². The number of hydrogen-bond acceptors (Lipinski definition) is 4. The van der Waals surface area contributed by atoms with Crippen LogP contribution in [0.25, 0.3) is 10.8 Å². The second-order valence-corrected chi connectivity index (χ2v) is 10.1. The van der Waals surface area contributed by atoms with Crippen molar-refractivity contribution >= 4 is 34.0 Å². The molecule has 0 N–H and O–H groups in total. The topological polar surface area (TPSA) is 69.4 Å². The smallest absolute Gasteiger partial charge is 0.314 e. The zero-order valence-corrected chi connectivity index (χ0v) is 21.1. The van der Waals surface area contributed by atoms with Gasteiger partial charge in [0.1, 0.15) is 6.10 Å². The van der Waals surface area contributed by atoms with Gasteiger partial charge in [0.2, 0.25) is 0 Å². The second kappa shape index (κ2) is 11.1. The predicted molar refractivity (Wildman–Crippen MR) is 146 cm³/mol. The highest BCUT2D eigenvalue weighted by Crippen LogP contribution is 2.38. The number of esters is 1. The van der Waals surface area contributed by atoms with Gasteiger partial charge in [-0.25, -0.2) is 0 Å². The van der Waals surface area contributed by atoms with E-state index in [1.54, 1.807) is 6.07 Å². The zero-order chi connectivity index (χ0) is 25.8. The maximum atomic E-state index is 13.8. The summed E-state index contributed by atoms with van der Waals surface area (Å²) in [6.45, 7) is 0. The van der Waals surface area contributed by atoms with Gasteiger partial charge < -0.3 is 4.74 Å². The van der Waals surface area contributed by atoms with Crippen LogP contribution in [0.2, 0.25) is 5.02 Å². The van der Waals surface area contributed by atoms with Crippen molar-refractivity contribution < 1.29 is 14.5 Å². The van der Waals surface area contributed by atoms with Gasteiger partial charge in [-0.15, -0.1) is 0 Å². The van der Waals surface area contributed by atoms with Crippen LogP contribution >= 0.6 is 11.6 Å². The SMILES string of the molecule is O=C(O[C@@H]1CCCC[C@H]1c1ccc2ccccc2c1)[C@H](Cc1ccccc1)c1ccc([N+](=O)[O-])cc1Cl. The van der Waals surface area contributed by atoms with E-state index in [0.29, 0.717) is 12.0 Å². The average molecular weight is 514 g/mol. The molecule has 1 aliphatic carbocycles. The molecule has 0 bridgehead atoms. The molecule has 4 aromatic rings. The number of halogens is 1. The first kappa shape index (κ1) is 25.0. The van der Waals surface area contributed by atoms with Gasteiger partial charge in [-0.1, -0.05) is 90.8 Å². The van der Waals surface area contributed by atoms with Crippen LogP contribution in [0.5, 0.6) is 0 Å². The zero-order valence-electron chi connectivity index (χ0n) is 20.4. The molecule has 37 heavy (non-hydrogen) atoms. The van der Waals surface area contributed by atoms with Crippen LogP contribution in [0.1, 0.15) is 54.2 Å². The lowest BCUT2D eigenvalue weighted by molar-refractivity contribution is -0.384. The van der Waals surface area contributed by atoms with E-state index < -0.39 is 10.8 Å². The Morgan fingerprint density at radius 1 is 0.919 bits per heavy atom. The Kier molecular flexibility index (Phi) is 7.52. The van der Waals surface area contributed by atoms with Gasteiger partial charge in [-0.2, -0.15) is 0 Å². The van der Waals surface area contributed by atoms with Gasteiger partial charge in [0, 0.05) is 18.1 Å². The van der Waals surface area contributed by atoms with Crippen LogP contribution < -0.4 is 0 Å². The summed E-state index contributed by atoms with van der Waals surface area (Å²) in [6.07, 6.45) is 4.01. The van der Waals surface area contributed by atoms with E-state index in [9.17, 15) is 14.9 Å². The van der Waals surface area contributed by atoms with Gasteiger partial charge in [0.05, 0.1) is 15.9 Å². The summed E-state index contributed by atoms with van der Waals surface area (Å²) in [4.78, 5) is 24.5. The molecular weight excluding hydrogens is 486 g/mol. The Balaban J connectivity index is 1.44. The fraction of sp³-hybridized carbons (Fsp3) is 0.258. The third kappa shape index (κ3) is 5.67. The third-order valence-corrected chi connectivity index (χ3v) is 7.64. The molecule has 5 rings (SSSR count). The van der Waals surface area contributed by atoms with Gasteiger partial charge in [-0.3, -0.25) is 14.9 Å². The maximum absolute atomic E-state index is 13.8. The van der Waals surface area contributed by atoms with Gasteiger partial charge in [-0.05, 0) is 59.2 Å². The van der Waals surface area contributed by atoms with E-state index >= 15 is 0 Å². The van der Waals surface area contributed by atoms with Gasteiger partial charge in [0.15, 0.2) is 0 Å². The molecule has 0 aromatic heterocycles. The van der Waals surface area contributed by atoms with E-state index in [4.69, 9.17) is 16.3 Å². The number of nitrogens with zero attached hydrogens (tertiary/aromatic N) is 1. The quantitative estimate of drug-likeness (QED) is 0.142. The first-order valence-corrected chi connectivity index (χ1v) is 13.0. The molecule has 1 saturated carbocycles. The minimum atomic E-state index is -0.671. The summed E-state index contributed by atoms with van der Waals surface area (Å²) < 4.78 is 6.26. The Morgan fingerprint density at radius 2 is 1.65 bits per heavy atom. The van der Waals surface area contributed by atoms with E-state index in [1.807, 2.05) is 42.5 Å². The first-order valence-electron chi connectivity index (χ1n) is 12.7. The lowest BCUT2D eigenvalue weighted by atomic mass is 9.81. The summed E-state index contributed by atoms with van der Waals surface area (Å²) in [5, 5.41) is 13.8. The molecule has 4 aromatic carbocycles. The molecule has 5 nitrogen and oxygen atoms in total. The molecule has 0 heterocycles. The minimum Gasteiger partial charge on any atom is -0.461 e. The molecule has 188 valence electrons. The minimum absolute atomic E-state index is 0.107. The van der Waals surface area contributed by atoms with Gasteiger partial charge in [0.25, 0.3) is 5.69 Å². The van der Waals surface area contributed by atoms with E-state index in [1.165, 1.54) is 28.5 Å². The normalized spacial score (nSPS) is 18.3. The van der Waals surface area contributed by atoms with Crippen molar-refractivity contribution in [2.24, 2.45) is 0 Å². The molecule has 1 fully saturated rings. The number of ether oxygens (including phenoxy) is 1. The summed E-state index contributed by atoms with van der Waals surface area (Å²) >= 11 is 6.49. The van der Waals surface area contributed by atoms with Crippen LogP contribution in [0, 0.1) is 10.1 Å². The summed E-state index contributed by atoms with van der Waals surface area (Å²) in [5.41, 5.74) is 2.58. The van der Waals surface area contributed by atoms with Crippen molar-refractivity contribution in [3.8, 4) is 0 Å².